The molecular weight excluding hydrogens is 255 g/mol. The van der Waals surface area contributed by atoms with Gasteiger partial charge in [-0.2, -0.15) is 0 Å². The Balaban J connectivity index is 0.00000180. The predicted octanol–water partition coefficient (Wildman–Crippen LogP) is -2.86. The van der Waals surface area contributed by atoms with E-state index in [1.165, 1.54) is 4.90 Å². The van der Waals surface area contributed by atoms with E-state index in [0.29, 0.717) is 24.2 Å². The second-order valence-electron chi connectivity index (χ2n) is 4.47. The molecule has 1 aromatic heterocycles. The molecule has 1 atom stereocenters. The van der Waals surface area contributed by atoms with Crippen LogP contribution in [0.15, 0.2) is 18.3 Å². The van der Waals surface area contributed by atoms with Crippen LogP contribution in [0.3, 0.4) is 0 Å². The average molecular weight is 270 g/mol. The van der Waals surface area contributed by atoms with E-state index in [0.717, 1.165) is 12.8 Å². The first kappa shape index (κ1) is 16.1. The molecule has 1 saturated heterocycles. The van der Waals surface area contributed by atoms with Crippen LogP contribution < -0.4 is 34.7 Å². The molecule has 1 unspecified atom stereocenters. The van der Waals surface area contributed by atoms with Crippen LogP contribution in [0, 0.1) is 6.92 Å². The number of aryl methyl sites for hydroxylation is 1. The van der Waals surface area contributed by atoms with Crippen molar-refractivity contribution in [1.29, 1.82) is 0 Å². The molecule has 96 valence electrons. The van der Waals surface area contributed by atoms with Gasteiger partial charge in [0.2, 0.25) is 0 Å². The van der Waals surface area contributed by atoms with Gasteiger partial charge >= 0.3 is 29.6 Å². The van der Waals surface area contributed by atoms with Gasteiger partial charge in [-0.1, -0.05) is 0 Å². The van der Waals surface area contributed by atoms with Crippen molar-refractivity contribution in [1.82, 2.24) is 9.88 Å². The smallest absolute Gasteiger partial charge is 0.548 e. The number of amides is 1. The van der Waals surface area contributed by atoms with Gasteiger partial charge < -0.3 is 14.8 Å². The maximum absolute atomic E-state index is 12.3. The molecule has 0 saturated carbocycles. The zero-order valence-corrected chi connectivity index (χ0v) is 13.3. The molecule has 1 aromatic rings. The van der Waals surface area contributed by atoms with Crippen molar-refractivity contribution in [2.75, 3.05) is 6.54 Å². The SMILES string of the molecule is Cc1ncccc1C(=O)N1CCCCC1C(=O)[O-].[Na+]. The molecule has 2 rings (SSSR count). The third kappa shape index (κ3) is 3.55. The van der Waals surface area contributed by atoms with Gasteiger partial charge in [0.1, 0.15) is 0 Å². The number of hydrogen-bond donors (Lipinski definition) is 0. The number of carbonyl (C=O) groups is 2. The second-order valence-corrected chi connectivity index (χ2v) is 4.47. The molecule has 0 aliphatic carbocycles. The van der Waals surface area contributed by atoms with Crippen LogP contribution in [0.2, 0.25) is 0 Å². The fourth-order valence-electron chi connectivity index (χ4n) is 2.28. The molecule has 0 radical (unpaired) electrons. The molecule has 0 aromatic carbocycles. The zero-order valence-electron chi connectivity index (χ0n) is 11.3. The Hall–Kier alpha value is -0.910. The van der Waals surface area contributed by atoms with Crippen molar-refractivity contribution in [3.05, 3.63) is 29.6 Å². The summed E-state index contributed by atoms with van der Waals surface area (Å²) in [5.41, 5.74) is 1.08. The van der Waals surface area contributed by atoms with E-state index < -0.39 is 12.0 Å². The van der Waals surface area contributed by atoms with E-state index in [1.54, 1.807) is 25.3 Å². The van der Waals surface area contributed by atoms with Crippen LogP contribution in [0.1, 0.15) is 35.3 Å². The topological polar surface area (TPSA) is 73.3 Å². The Morgan fingerprint density at radius 1 is 1.42 bits per heavy atom. The van der Waals surface area contributed by atoms with E-state index in [-0.39, 0.29) is 35.5 Å². The monoisotopic (exact) mass is 270 g/mol. The maximum Gasteiger partial charge on any atom is 1.00 e. The number of pyridine rings is 1. The molecule has 5 nitrogen and oxygen atoms in total. The average Bonchev–Trinajstić information content (AvgIpc) is 2.38. The van der Waals surface area contributed by atoms with Crippen LogP contribution in [0.4, 0.5) is 0 Å². The normalized spacial score (nSPS) is 18.6. The van der Waals surface area contributed by atoms with Crippen LogP contribution in [-0.2, 0) is 4.79 Å². The Labute approximate surface area is 134 Å². The summed E-state index contributed by atoms with van der Waals surface area (Å²) in [6, 6.07) is 2.54. The number of hydrogen-bond acceptors (Lipinski definition) is 4. The summed E-state index contributed by atoms with van der Waals surface area (Å²) in [6.07, 6.45) is 3.72. The fourth-order valence-corrected chi connectivity index (χ4v) is 2.28. The Morgan fingerprint density at radius 3 is 2.79 bits per heavy atom. The molecule has 1 fully saturated rings. The Kier molecular flexibility index (Phi) is 5.97. The summed E-state index contributed by atoms with van der Waals surface area (Å²) in [7, 11) is 0. The largest absolute Gasteiger partial charge is 1.00 e. The number of carboxylic acids is 1. The van der Waals surface area contributed by atoms with Crippen LogP contribution in [0.25, 0.3) is 0 Å². The van der Waals surface area contributed by atoms with E-state index in [1.807, 2.05) is 0 Å². The molecule has 19 heavy (non-hydrogen) atoms. The number of carbonyl (C=O) groups excluding carboxylic acids is 2. The number of aromatic nitrogens is 1. The quantitative estimate of drug-likeness (QED) is 0.542. The summed E-state index contributed by atoms with van der Waals surface area (Å²) in [5.74, 6) is -1.45. The van der Waals surface area contributed by atoms with Crippen LogP contribution in [0.5, 0.6) is 0 Å². The Bertz CT molecular complexity index is 479. The molecule has 0 spiro atoms. The molecule has 2 heterocycles. The molecular formula is C13H15N2NaO3. The number of piperidine rings is 1. The molecule has 1 aliphatic rings. The van der Waals surface area contributed by atoms with Crippen molar-refractivity contribution >= 4 is 11.9 Å². The standard InChI is InChI=1S/C13H16N2O3.Na/c1-9-10(5-4-7-14-9)12(16)15-8-3-2-6-11(15)13(17)18;/h4-5,7,11H,2-3,6,8H2,1H3,(H,17,18);/q;+1/p-1. The first-order chi connectivity index (χ1) is 8.61. The third-order valence-corrected chi connectivity index (χ3v) is 3.27. The summed E-state index contributed by atoms with van der Waals surface area (Å²) in [4.78, 5) is 28.8. The van der Waals surface area contributed by atoms with Gasteiger partial charge in [-0.3, -0.25) is 9.78 Å². The van der Waals surface area contributed by atoms with Crippen molar-refractivity contribution in [2.24, 2.45) is 0 Å². The fraction of sp³-hybridized carbons (Fsp3) is 0.462. The molecule has 1 aliphatic heterocycles. The molecule has 6 heteroatoms. The number of carboxylic acid groups (broad SMARTS) is 1. The minimum absolute atomic E-state index is 0. The van der Waals surface area contributed by atoms with Crippen molar-refractivity contribution in [2.45, 2.75) is 32.2 Å². The van der Waals surface area contributed by atoms with E-state index >= 15 is 0 Å². The van der Waals surface area contributed by atoms with Gasteiger partial charge in [-0.25, -0.2) is 0 Å². The zero-order chi connectivity index (χ0) is 13.1. The molecule has 1 amide bonds. The molecule has 0 N–H and O–H groups in total. The van der Waals surface area contributed by atoms with Crippen molar-refractivity contribution in [3.63, 3.8) is 0 Å². The molecule has 0 bridgehead atoms. The number of likely N-dealkylation sites (tertiary alicyclic amines) is 1. The van der Waals surface area contributed by atoms with Gasteiger partial charge in [0.15, 0.2) is 0 Å². The summed E-state index contributed by atoms with van der Waals surface area (Å²) < 4.78 is 0. The van der Waals surface area contributed by atoms with E-state index in [4.69, 9.17) is 0 Å². The first-order valence-corrected chi connectivity index (χ1v) is 6.04. The predicted molar refractivity (Wildman–Crippen MR) is 62.7 cm³/mol. The van der Waals surface area contributed by atoms with E-state index in [2.05, 4.69) is 4.98 Å². The van der Waals surface area contributed by atoms with Gasteiger partial charge in [0.05, 0.1) is 17.6 Å². The van der Waals surface area contributed by atoms with E-state index in [9.17, 15) is 14.7 Å². The van der Waals surface area contributed by atoms with Crippen LogP contribution in [-0.4, -0.2) is 34.3 Å². The van der Waals surface area contributed by atoms with Gasteiger partial charge in [-0.05, 0) is 38.3 Å². The second kappa shape index (κ2) is 7.03. The number of rotatable bonds is 2. The van der Waals surface area contributed by atoms with Crippen molar-refractivity contribution in [3.8, 4) is 0 Å². The minimum Gasteiger partial charge on any atom is -0.548 e. The van der Waals surface area contributed by atoms with Gasteiger partial charge in [0, 0.05) is 18.4 Å². The summed E-state index contributed by atoms with van der Waals surface area (Å²) >= 11 is 0. The first-order valence-electron chi connectivity index (χ1n) is 6.04. The number of aliphatic carboxylic acids is 1. The number of nitrogens with zero attached hydrogens (tertiary/aromatic N) is 2. The van der Waals surface area contributed by atoms with Gasteiger partial charge in [0.25, 0.3) is 5.91 Å². The Morgan fingerprint density at radius 2 is 2.16 bits per heavy atom. The minimum atomic E-state index is -1.18. The van der Waals surface area contributed by atoms with Crippen molar-refractivity contribution < 1.29 is 44.3 Å². The summed E-state index contributed by atoms with van der Waals surface area (Å²) in [6.45, 7) is 2.21. The van der Waals surface area contributed by atoms with Gasteiger partial charge in [-0.15, -0.1) is 0 Å². The maximum atomic E-state index is 12.3. The third-order valence-electron chi connectivity index (χ3n) is 3.27. The summed E-state index contributed by atoms with van der Waals surface area (Å²) in [5, 5.41) is 11.1. The van der Waals surface area contributed by atoms with Crippen LogP contribution >= 0.6 is 0 Å².